The number of carbonyl (C=O) groups is 1. The SMILES string of the molecule is CCCC1CC(NC2CCCC2)CN(C(C)=O)C1. The number of nitrogens with zero attached hydrogens (tertiary/aromatic N) is 1. The van der Waals surface area contributed by atoms with Crippen LogP contribution in [0.3, 0.4) is 0 Å². The van der Waals surface area contributed by atoms with Crippen LogP contribution in [0.15, 0.2) is 0 Å². The van der Waals surface area contributed by atoms with Crippen molar-refractivity contribution in [1.82, 2.24) is 10.2 Å². The van der Waals surface area contributed by atoms with E-state index in [1.165, 1.54) is 44.9 Å². The van der Waals surface area contributed by atoms with Crippen molar-refractivity contribution in [3.05, 3.63) is 0 Å². The Labute approximate surface area is 111 Å². The molecule has 3 nitrogen and oxygen atoms in total. The Hall–Kier alpha value is -0.570. The Morgan fingerprint density at radius 1 is 1.22 bits per heavy atom. The molecule has 0 aromatic rings. The van der Waals surface area contributed by atoms with Crippen LogP contribution < -0.4 is 5.32 Å². The van der Waals surface area contributed by atoms with Crippen LogP contribution in [-0.2, 0) is 4.79 Å². The first kappa shape index (κ1) is 13.9. The zero-order chi connectivity index (χ0) is 13.0. The Morgan fingerprint density at radius 3 is 2.56 bits per heavy atom. The molecular formula is C15H28N2O. The molecule has 0 aromatic carbocycles. The van der Waals surface area contributed by atoms with Gasteiger partial charge in [-0.3, -0.25) is 4.79 Å². The van der Waals surface area contributed by atoms with E-state index >= 15 is 0 Å². The van der Waals surface area contributed by atoms with Crippen LogP contribution in [0.4, 0.5) is 0 Å². The Bertz CT molecular complexity index is 274. The molecule has 2 fully saturated rings. The summed E-state index contributed by atoms with van der Waals surface area (Å²) in [5, 5.41) is 3.80. The van der Waals surface area contributed by atoms with Crippen molar-refractivity contribution in [3.63, 3.8) is 0 Å². The van der Waals surface area contributed by atoms with Gasteiger partial charge in [-0.15, -0.1) is 0 Å². The summed E-state index contributed by atoms with van der Waals surface area (Å²) in [6.45, 7) is 5.85. The number of hydrogen-bond donors (Lipinski definition) is 1. The third-order valence-electron chi connectivity index (χ3n) is 4.51. The maximum absolute atomic E-state index is 11.6. The van der Waals surface area contributed by atoms with E-state index in [4.69, 9.17) is 0 Å². The van der Waals surface area contributed by atoms with Crippen molar-refractivity contribution in [3.8, 4) is 0 Å². The molecule has 1 saturated carbocycles. The molecule has 0 spiro atoms. The Balaban J connectivity index is 1.89. The average molecular weight is 252 g/mol. The van der Waals surface area contributed by atoms with Crippen LogP contribution in [0.2, 0.25) is 0 Å². The van der Waals surface area contributed by atoms with E-state index in [1.807, 2.05) is 0 Å². The van der Waals surface area contributed by atoms with Crippen molar-refractivity contribution in [2.24, 2.45) is 5.92 Å². The highest BCUT2D eigenvalue weighted by atomic mass is 16.2. The number of amides is 1. The number of piperidine rings is 1. The zero-order valence-electron chi connectivity index (χ0n) is 12.0. The van der Waals surface area contributed by atoms with Crippen LogP contribution in [-0.4, -0.2) is 36.0 Å². The van der Waals surface area contributed by atoms with E-state index in [0.717, 1.165) is 13.1 Å². The molecule has 2 atom stereocenters. The van der Waals surface area contributed by atoms with Gasteiger partial charge in [0.15, 0.2) is 0 Å². The highest BCUT2D eigenvalue weighted by Crippen LogP contribution is 2.24. The highest BCUT2D eigenvalue weighted by molar-refractivity contribution is 5.73. The van der Waals surface area contributed by atoms with Crippen LogP contribution >= 0.6 is 0 Å². The lowest BCUT2D eigenvalue weighted by atomic mass is 9.90. The van der Waals surface area contributed by atoms with Gasteiger partial charge in [0.2, 0.25) is 5.91 Å². The maximum atomic E-state index is 11.6. The van der Waals surface area contributed by atoms with E-state index in [-0.39, 0.29) is 5.91 Å². The molecule has 0 radical (unpaired) electrons. The standard InChI is InChI=1S/C15H28N2O/c1-3-6-13-9-15(11-17(10-13)12(2)18)16-14-7-4-5-8-14/h13-16H,3-11H2,1-2H3. The first-order chi connectivity index (χ1) is 8.69. The van der Waals surface area contributed by atoms with Gasteiger partial charge in [0.1, 0.15) is 0 Å². The third kappa shape index (κ3) is 3.71. The fourth-order valence-corrected chi connectivity index (χ4v) is 3.62. The van der Waals surface area contributed by atoms with Crippen molar-refractivity contribution >= 4 is 5.91 Å². The predicted molar refractivity (Wildman–Crippen MR) is 74.4 cm³/mol. The molecule has 0 bridgehead atoms. The lowest BCUT2D eigenvalue weighted by molar-refractivity contribution is -0.131. The zero-order valence-corrected chi connectivity index (χ0v) is 12.0. The lowest BCUT2D eigenvalue weighted by Crippen LogP contribution is -2.52. The number of rotatable bonds is 4. The van der Waals surface area contributed by atoms with E-state index in [1.54, 1.807) is 6.92 Å². The van der Waals surface area contributed by atoms with Crippen molar-refractivity contribution in [2.45, 2.75) is 70.9 Å². The van der Waals surface area contributed by atoms with Crippen LogP contribution in [0, 0.1) is 5.92 Å². The van der Waals surface area contributed by atoms with E-state index in [0.29, 0.717) is 18.0 Å². The molecule has 1 heterocycles. The largest absolute Gasteiger partial charge is 0.341 e. The molecule has 2 unspecified atom stereocenters. The van der Waals surface area contributed by atoms with Crippen molar-refractivity contribution in [1.29, 1.82) is 0 Å². The molecule has 0 aromatic heterocycles. The van der Waals surface area contributed by atoms with Crippen molar-refractivity contribution < 1.29 is 4.79 Å². The van der Waals surface area contributed by atoms with Gasteiger partial charge < -0.3 is 10.2 Å². The first-order valence-electron chi connectivity index (χ1n) is 7.70. The normalized spacial score (nSPS) is 29.8. The van der Waals surface area contributed by atoms with Gasteiger partial charge in [0.25, 0.3) is 0 Å². The molecule has 104 valence electrons. The predicted octanol–water partition coefficient (Wildman–Crippen LogP) is 2.56. The second-order valence-electron chi connectivity index (χ2n) is 6.16. The summed E-state index contributed by atoms with van der Waals surface area (Å²) >= 11 is 0. The monoisotopic (exact) mass is 252 g/mol. The van der Waals surface area contributed by atoms with Crippen LogP contribution in [0.1, 0.15) is 58.8 Å². The molecule has 1 aliphatic carbocycles. The number of likely N-dealkylation sites (tertiary alicyclic amines) is 1. The van der Waals surface area contributed by atoms with Gasteiger partial charge in [-0.1, -0.05) is 26.2 Å². The van der Waals surface area contributed by atoms with Crippen molar-refractivity contribution in [2.75, 3.05) is 13.1 Å². The Kier molecular flexibility index (Phi) is 5.04. The summed E-state index contributed by atoms with van der Waals surface area (Å²) in [4.78, 5) is 13.7. The number of nitrogens with one attached hydrogen (secondary N) is 1. The molecule has 1 aliphatic heterocycles. The fraction of sp³-hybridized carbons (Fsp3) is 0.933. The molecule has 3 heteroatoms. The van der Waals surface area contributed by atoms with E-state index in [2.05, 4.69) is 17.1 Å². The summed E-state index contributed by atoms with van der Waals surface area (Å²) in [6, 6.07) is 1.24. The summed E-state index contributed by atoms with van der Waals surface area (Å²) in [5.74, 6) is 0.945. The van der Waals surface area contributed by atoms with Crippen LogP contribution in [0.5, 0.6) is 0 Å². The molecule has 1 amide bonds. The van der Waals surface area contributed by atoms with Gasteiger partial charge in [0, 0.05) is 32.1 Å². The first-order valence-corrected chi connectivity index (χ1v) is 7.70. The van der Waals surface area contributed by atoms with Gasteiger partial charge in [-0.2, -0.15) is 0 Å². The van der Waals surface area contributed by atoms with Crippen LogP contribution in [0.25, 0.3) is 0 Å². The number of hydrogen-bond acceptors (Lipinski definition) is 2. The maximum Gasteiger partial charge on any atom is 0.219 e. The van der Waals surface area contributed by atoms with E-state index in [9.17, 15) is 4.79 Å². The second-order valence-corrected chi connectivity index (χ2v) is 6.16. The smallest absolute Gasteiger partial charge is 0.219 e. The Morgan fingerprint density at radius 2 is 1.94 bits per heavy atom. The van der Waals surface area contributed by atoms with Gasteiger partial charge in [-0.05, 0) is 31.6 Å². The second kappa shape index (κ2) is 6.55. The summed E-state index contributed by atoms with van der Waals surface area (Å²) < 4.78 is 0. The molecule has 1 N–H and O–H groups in total. The third-order valence-corrected chi connectivity index (χ3v) is 4.51. The fourth-order valence-electron chi connectivity index (χ4n) is 3.62. The molecular weight excluding hydrogens is 224 g/mol. The molecule has 1 saturated heterocycles. The lowest BCUT2D eigenvalue weighted by Gasteiger charge is -2.39. The molecule has 2 rings (SSSR count). The topological polar surface area (TPSA) is 32.3 Å². The van der Waals surface area contributed by atoms with Gasteiger partial charge in [0.05, 0.1) is 0 Å². The minimum Gasteiger partial charge on any atom is -0.341 e. The molecule has 18 heavy (non-hydrogen) atoms. The van der Waals surface area contributed by atoms with E-state index < -0.39 is 0 Å². The minimum atomic E-state index is 0.244. The van der Waals surface area contributed by atoms with Gasteiger partial charge in [-0.25, -0.2) is 0 Å². The quantitative estimate of drug-likeness (QED) is 0.834. The highest BCUT2D eigenvalue weighted by Gasteiger charge is 2.29. The summed E-state index contributed by atoms with van der Waals surface area (Å²) in [6.07, 6.45) is 9.15. The summed E-state index contributed by atoms with van der Waals surface area (Å²) in [7, 11) is 0. The minimum absolute atomic E-state index is 0.244. The molecule has 2 aliphatic rings. The van der Waals surface area contributed by atoms with Gasteiger partial charge >= 0.3 is 0 Å². The average Bonchev–Trinajstić information content (AvgIpc) is 2.82. The summed E-state index contributed by atoms with van der Waals surface area (Å²) in [5.41, 5.74) is 0. The number of carbonyl (C=O) groups excluding carboxylic acids is 1.